The Morgan fingerprint density at radius 3 is 2.29 bits per heavy atom. The van der Waals surface area contributed by atoms with Gasteiger partial charge in [-0.2, -0.15) is 0 Å². The van der Waals surface area contributed by atoms with E-state index >= 15 is 0 Å². The molecule has 4 aromatic rings. The van der Waals surface area contributed by atoms with E-state index in [9.17, 15) is 39.9 Å². The first-order valence-corrected chi connectivity index (χ1v) is 12.3. The van der Waals surface area contributed by atoms with Crippen LogP contribution in [0.25, 0.3) is 27.3 Å². The zero-order chi connectivity index (χ0) is 29.3. The quantitative estimate of drug-likeness (QED) is 0.104. The Labute approximate surface area is 228 Å². The minimum atomic E-state index is -2.67. The van der Waals surface area contributed by atoms with Crippen LogP contribution in [0.15, 0.2) is 39.6 Å². The highest BCUT2D eigenvalue weighted by Gasteiger charge is 2.66. The first-order chi connectivity index (χ1) is 19.4. The van der Waals surface area contributed by atoms with Gasteiger partial charge in [-0.15, -0.1) is 0 Å². The van der Waals surface area contributed by atoms with Crippen LogP contribution < -0.4 is 15.1 Å². The fraction of sp³-hybridized carbons (Fsp3) is 0.207. The lowest BCUT2D eigenvalue weighted by molar-refractivity contribution is -0.145. The number of benzene rings is 3. The third kappa shape index (κ3) is 2.69. The van der Waals surface area contributed by atoms with E-state index in [1.165, 1.54) is 33.3 Å². The van der Waals surface area contributed by atoms with Crippen LogP contribution in [-0.2, 0) is 15.1 Å². The number of ketones is 1. The van der Waals surface area contributed by atoms with Gasteiger partial charge in [-0.1, -0.05) is 0 Å². The number of carbonyl (C=O) groups excluding carboxylic acids is 2. The minimum Gasteiger partial charge on any atom is -0.507 e. The zero-order valence-corrected chi connectivity index (χ0v) is 21.6. The lowest BCUT2D eigenvalue weighted by Gasteiger charge is -2.53. The van der Waals surface area contributed by atoms with E-state index in [1.54, 1.807) is 0 Å². The van der Waals surface area contributed by atoms with Gasteiger partial charge in [0.2, 0.25) is 0 Å². The molecule has 3 aliphatic rings. The van der Waals surface area contributed by atoms with E-state index < -0.39 is 62.9 Å². The van der Waals surface area contributed by atoms with Crippen LogP contribution in [-0.4, -0.2) is 57.1 Å². The second-order valence-corrected chi connectivity index (χ2v) is 10.3. The topological polar surface area (TPSA) is 193 Å². The number of methoxy groups -OCH3 is 2. The fourth-order valence-electron chi connectivity index (χ4n) is 6.75. The van der Waals surface area contributed by atoms with Gasteiger partial charge in [0, 0.05) is 51.2 Å². The van der Waals surface area contributed by atoms with Gasteiger partial charge in [0.25, 0.3) is 0 Å². The summed E-state index contributed by atoms with van der Waals surface area (Å²) < 4.78 is 22.0. The van der Waals surface area contributed by atoms with Crippen molar-refractivity contribution in [2.75, 3.05) is 14.2 Å². The summed E-state index contributed by atoms with van der Waals surface area (Å²) in [6.45, 7) is 1.40. The number of esters is 1. The highest BCUT2D eigenvalue weighted by molar-refractivity contribution is 6.20. The lowest BCUT2D eigenvalue weighted by Crippen LogP contribution is -2.58. The molecule has 3 atom stereocenters. The molecule has 0 spiro atoms. The lowest BCUT2D eigenvalue weighted by atomic mass is 9.56. The highest BCUT2D eigenvalue weighted by Crippen LogP contribution is 2.65. The van der Waals surface area contributed by atoms with Crippen molar-refractivity contribution < 1.29 is 53.7 Å². The molecular weight excluding hydrogens is 540 g/mol. The molecule has 12 heteroatoms. The van der Waals surface area contributed by atoms with Crippen LogP contribution in [0.3, 0.4) is 0 Å². The average molecular weight is 560 g/mol. The average Bonchev–Trinajstić information content (AvgIpc) is 2.91. The number of ether oxygens (including phenoxy) is 3. The summed E-state index contributed by atoms with van der Waals surface area (Å²) in [7, 11) is 2.57. The predicted molar refractivity (Wildman–Crippen MR) is 140 cm³/mol. The molecule has 3 unspecified atom stereocenters. The number of aromatic hydroxyl groups is 4. The van der Waals surface area contributed by atoms with E-state index in [-0.39, 0.29) is 55.7 Å². The molecule has 0 amide bonds. The Kier molecular flexibility index (Phi) is 4.53. The van der Waals surface area contributed by atoms with Crippen molar-refractivity contribution in [1.82, 2.24) is 0 Å². The maximum absolute atomic E-state index is 14.2. The van der Waals surface area contributed by atoms with Crippen LogP contribution in [0, 0.1) is 0 Å². The Balaban J connectivity index is 1.72. The number of aliphatic hydroxyl groups is 1. The summed E-state index contributed by atoms with van der Waals surface area (Å²) in [4.78, 5) is 40.6. The molecule has 2 heterocycles. The minimum absolute atomic E-state index is 0.0283. The van der Waals surface area contributed by atoms with Crippen molar-refractivity contribution in [1.29, 1.82) is 0 Å². The summed E-state index contributed by atoms with van der Waals surface area (Å²) in [5.41, 5.74) is -6.50. The molecule has 2 aliphatic carbocycles. The van der Waals surface area contributed by atoms with Gasteiger partial charge in [0.1, 0.15) is 45.1 Å². The van der Waals surface area contributed by atoms with Gasteiger partial charge in [0.15, 0.2) is 22.9 Å². The predicted octanol–water partition coefficient (Wildman–Crippen LogP) is 2.67. The number of rotatable bonds is 2. The van der Waals surface area contributed by atoms with Crippen LogP contribution in [0.1, 0.15) is 39.9 Å². The van der Waals surface area contributed by atoms with Gasteiger partial charge in [0.05, 0.1) is 20.1 Å². The van der Waals surface area contributed by atoms with Crippen LogP contribution in [0.2, 0.25) is 0 Å². The smallest absolute Gasteiger partial charge is 0.347 e. The molecular formula is C29H20O12. The van der Waals surface area contributed by atoms with E-state index in [0.717, 1.165) is 18.2 Å². The number of fused-ring (bicyclic) bond motifs is 7. The van der Waals surface area contributed by atoms with Crippen LogP contribution >= 0.6 is 0 Å². The summed E-state index contributed by atoms with van der Waals surface area (Å²) in [6, 6.07) is 4.64. The molecule has 5 N–H and O–H groups in total. The standard InChI is InChI=1S/C29H20O12/c1-28-11(10-4-9(38-2)5-12(30)18(10)27(36)41-28)6-17(33)29(37)23-16(39-3)7-13(31)19-21(23)20-15(40-26(19)35)8-14(32)24(34)22(20)25(28)29/h4-8,25,30-32,34,37H,1-3H3. The Morgan fingerprint density at radius 2 is 1.61 bits per heavy atom. The normalized spacial score (nSPS) is 24.0. The van der Waals surface area contributed by atoms with Gasteiger partial charge < -0.3 is 44.2 Å². The van der Waals surface area contributed by atoms with Gasteiger partial charge in [-0.05, 0) is 19.1 Å². The summed E-state index contributed by atoms with van der Waals surface area (Å²) >= 11 is 0. The Morgan fingerprint density at radius 1 is 0.878 bits per heavy atom. The molecule has 7 rings (SSSR count). The van der Waals surface area contributed by atoms with Gasteiger partial charge >= 0.3 is 11.6 Å². The Bertz CT molecular complexity index is 2040. The molecule has 0 bridgehead atoms. The fourth-order valence-corrected chi connectivity index (χ4v) is 6.75. The van der Waals surface area contributed by atoms with E-state index in [2.05, 4.69) is 0 Å². The number of hydrogen-bond acceptors (Lipinski definition) is 12. The monoisotopic (exact) mass is 560 g/mol. The molecule has 0 radical (unpaired) electrons. The second kappa shape index (κ2) is 7.49. The number of phenolic OH excluding ortho intramolecular Hbond substituents is 4. The molecule has 0 saturated heterocycles. The molecule has 208 valence electrons. The van der Waals surface area contributed by atoms with Crippen molar-refractivity contribution in [3.05, 3.63) is 63.0 Å². The highest BCUT2D eigenvalue weighted by atomic mass is 16.6. The molecule has 1 aliphatic heterocycles. The SMILES string of the molecule is COc1cc(O)c2c(c1)C1=CC(=O)C3(O)c4c(OC)cc(O)c5c(=O)oc6cc(O)c(O)c(c6c45)C3C1(C)OC2=O. The second-order valence-electron chi connectivity index (χ2n) is 10.3. The van der Waals surface area contributed by atoms with Crippen molar-refractivity contribution in [2.45, 2.75) is 24.0 Å². The van der Waals surface area contributed by atoms with Gasteiger partial charge in [-0.25, -0.2) is 9.59 Å². The third-order valence-electron chi connectivity index (χ3n) is 8.38. The molecule has 1 aromatic heterocycles. The van der Waals surface area contributed by atoms with E-state index in [0.29, 0.717) is 0 Å². The molecule has 12 nitrogen and oxygen atoms in total. The summed E-state index contributed by atoms with van der Waals surface area (Å²) in [5.74, 6) is -6.22. The first-order valence-electron chi connectivity index (χ1n) is 12.3. The summed E-state index contributed by atoms with van der Waals surface area (Å²) in [5, 5.41) is 55.3. The number of phenols is 4. The molecule has 41 heavy (non-hydrogen) atoms. The largest absolute Gasteiger partial charge is 0.507 e. The molecule has 0 saturated carbocycles. The van der Waals surface area contributed by atoms with Crippen molar-refractivity contribution in [3.63, 3.8) is 0 Å². The van der Waals surface area contributed by atoms with Gasteiger partial charge in [-0.3, -0.25) is 4.79 Å². The number of carbonyl (C=O) groups is 2. The first kappa shape index (κ1) is 24.8. The van der Waals surface area contributed by atoms with Crippen LogP contribution in [0.5, 0.6) is 34.5 Å². The molecule has 0 fully saturated rings. The third-order valence-corrected chi connectivity index (χ3v) is 8.38. The van der Waals surface area contributed by atoms with Crippen molar-refractivity contribution in [2.24, 2.45) is 0 Å². The van der Waals surface area contributed by atoms with Crippen molar-refractivity contribution in [3.8, 4) is 34.5 Å². The van der Waals surface area contributed by atoms with E-state index in [1.807, 2.05) is 0 Å². The zero-order valence-electron chi connectivity index (χ0n) is 21.6. The van der Waals surface area contributed by atoms with E-state index in [4.69, 9.17) is 18.6 Å². The molecule has 3 aromatic carbocycles. The summed E-state index contributed by atoms with van der Waals surface area (Å²) in [6.07, 6.45) is 1.05. The number of hydrogen-bond donors (Lipinski definition) is 5. The van der Waals surface area contributed by atoms with Crippen LogP contribution in [0.4, 0.5) is 0 Å². The van der Waals surface area contributed by atoms with Crippen molar-refractivity contribution >= 4 is 39.1 Å². The maximum atomic E-state index is 14.2. The maximum Gasteiger partial charge on any atom is 0.347 e. The Hall–Kier alpha value is -5.23.